The Morgan fingerprint density at radius 3 is 2.52 bits per heavy atom. The molecule has 0 aromatic heterocycles. The van der Waals surface area contributed by atoms with Crippen LogP contribution < -0.4 is 4.74 Å². The molecule has 3 aromatic rings. The molecule has 5 heteroatoms. The van der Waals surface area contributed by atoms with Gasteiger partial charge in [0.05, 0.1) is 7.11 Å². The van der Waals surface area contributed by atoms with E-state index in [9.17, 15) is 9.90 Å². The van der Waals surface area contributed by atoms with E-state index in [0.717, 1.165) is 10.3 Å². The molecule has 4 rings (SSSR count). The van der Waals surface area contributed by atoms with Crippen LogP contribution in [0.25, 0.3) is 10.8 Å². The van der Waals surface area contributed by atoms with Crippen LogP contribution in [0.15, 0.2) is 59.5 Å². The summed E-state index contributed by atoms with van der Waals surface area (Å²) in [6.07, 6.45) is 0.526. The minimum absolute atomic E-state index is 0.0461. The number of carbonyl (C=O) groups is 1. The van der Waals surface area contributed by atoms with E-state index in [1.165, 1.54) is 7.11 Å². The van der Waals surface area contributed by atoms with E-state index in [-0.39, 0.29) is 16.7 Å². The van der Waals surface area contributed by atoms with Gasteiger partial charge in [0.25, 0.3) is 0 Å². The zero-order valence-electron chi connectivity index (χ0n) is 13.6. The first kappa shape index (κ1) is 15.8. The molecule has 0 amide bonds. The average molecular weight is 352 g/mol. The molecule has 1 N–H and O–H groups in total. The highest BCUT2D eigenvalue weighted by atomic mass is 32.2. The molecule has 0 aliphatic carbocycles. The maximum absolute atomic E-state index is 12.3. The zero-order chi connectivity index (χ0) is 17.4. The van der Waals surface area contributed by atoms with Crippen molar-refractivity contribution in [1.29, 1.82) is 0 Å². The molecule has 0 spiro atoms. The van der Waals surface area contributed by atoms with E-state index in [0.29, 0.717) is 23.1 Å². The number of carbonyl (C=O) groups excluding carboxylic acids is 1. The van der Waals surface area contributed by atoms with Gasteiger partial charge >= 0.3 is 5.97 Å². The zero-order valence-corrected chi connectivity index (χ0v) is 14.4. The van der Waals surface area contributed by atoms with Crippen LogP contribution in [0.5, 0.6) is 11.5 Å². The number of rotatable bonds is 3. The van der Waals surface area contributed by atoms with Gasteiger partial charge in [-0.1, -0.05) is 54.2 Å². The first-order valence-electron chi connectivity index (χ1n) is 7.92. The average Bonchev–Trinajstić information content (AvgIpc) is 3.06. The number of aromatic hydroxyl groups is 1. The molecule has 0 fully saturated rings. The Morgan fingerprint density at radius 1 is 1.12 bits per heavy atom. The van der Waals surface area contributed by atoms with E-state index in [2.05, 4.69) is 0 Å². The van der Waals surface area contributed by atoms with Crippen molar-refractivity contribution in [3.63, 3.8) is 0 Å². The Kier molecular flexibility index (Phi) is 4.01. The molecular weight excluding hydrogens is 336 g/mol. The molecule has 1 aliphatic heterocycles. The highest BCUT2D eigenvalue weighted by molar-refractivity contribution is 7.99. The van der Waals surface area contributed by atoms with Crippen molar-refractivity contribution in [3.05, 3.63) is 65.7 Å². The van der Waals surface area contributed by atoms with Gasteiger partial charge in [-0.15, -0.1) is 0 Å². The molecule has 1 heterocycles. The minimum atomic E-state index is -0.548. The van der Waals surface area contributed by atoms with Gasteiger partial charge in [0, 0.05) is 27.7 Å². The van der Waals surface area contributed by atoms with Gasteiger partial charge in [-0.05, 0) is 12.1 Å². The smallest absolute Gasteiger partial charge is 0.342 e. The quantitative estimate of drug-likeness (QED) is 0.709. The highest BCUT2D eigenvalue weighted by Gasteiger charge is 2.33. The van der Waals surface area contributed by atoms with Gasteiger partial charge in [-0.2, -0.15) is 0 Å². The summed E-state index contributed by atoms with van der Waals surface area (Å²) >= 11 is 1.59. The Morgan fingerprint density at radius 2 is 1.80 bits per heavy atom. The first-order chi connectivity index (χ1) is 12.2. The fraction of sp³-hybridized carbons (Fsp3) is 0.150. The summed E-state index contributed by atoms with van der Waals surface area (Å²) in [6, 6.07) is 17.3. The molecule has 1 unspecified atom stereocenters. The number of benzene rings is 3. The monoisotopic (exact) mass is 352 g/mol. The SMILES string of the molecule is COC(=O)c1c2c(c3ccccc3c1O)OC(Sc1ccccc1)C2. The maximum atomic E-state index is 12.3. The third kappa shape index (κ3) is 2.70. The van der Waals surface area contributed by atoms with Crippen LogP contribution in [-0.4, -0.2) is 23.6 Å². The Labute approximate surface area is 149 Å². The largest absolute Gasteiger partial charge is 0.506 e. The van der Waals surface area contributed by atoms with Crippen molar-refractivity contribution < 1.29 is 19.4 Å². The van der Waals surface area contributed by atoms with Crippen LogP contribution in [-0.2, 0) is 11.2 Å². The fourth-order valence-electron chi connectivity index (χ4n) is 3.15. The standard InChI is InChI=1S/C20H16O4S/c1-23-20(22)17-15-11-16(25-12-7-3-2-4-8-12)24-19(15)14-10-6-5-9-13(14)18(17)21/h2-10,16,21H,11H2,1H3. The van der Waals surface area contributed by atoms with Crippen molar-refractivity contribution in [1.82, 2.24) is 0 Å². The van der Waals surface area contributed by atoms with Crippen molar-refractivity contribution in [2.45, 2.75) is 16.8 Å². The fourth-order valence-corrected chi connectivity index (χ4v) is 4.16. The van der Waals surface area contributed by atoms with E-state index in [1.807, 2.05) is 48.5 Å². The van der Waals surface area contributed by atoms with Crippen LogP contribution in [0.1, 0.15) is 15.9 Å². The van der Waals surface area contributed by atoms with Crippen LogP contribution in [0.3, 0.4) is 0 Å². The summed E-state index contributed by atoms with van der Waals surface area (Å²) in [5.74, 6) is 0.0610. The third-order valence-corrected chi connectivity index (χ3v) is 5.33. The lowest BCUT2D eigenvalue weighted by molar-refractivity contribution is 0.0596. The van der Waals surface area contributed by atoms with Gasteiger partial charge < -0.3 is 14.6 Å². The van der Waals surface area contributed by atoms with Gasteiger partial charge in [0.2, 0.25) is 0 Å². The molecule has 1 atom stereocenters. The summed E-state index contributed by atoms with van der Waals surface area (Å²) in [5.41, 5.74) is 0.745. The number of hydrogen-bond donors (Lipinski definition) is 1. The molecule has 0 saturated heterocycles. The second-order valence-corrected chi connectivity index (χ2v) is 6.98. The molecule has 0 bridgehead atoms. The van der Waals surface area contributed by atoms with Gasteiger partial charge in [-0.3, -0.25) is 0 Å². The number of ether oxygens (including phenoxy) is 2. The lowest BCUT2D eigenvalue weighted by Gasteiger charge is -2.12. The predicted octanol–water partition coefficient (Wildman–Crippen LogP) is 4.39. The number of phenolic OH excluding ortho intramolecular Hbond substituents is 1. The van der Waals surface area contributed by atoms with Crippen LogP contribution in [0, 0.1) is 0 Å². The molecule has 0 saturated carbocycles. The van der Waals surface area contributed by atoms with Gasteiger partial charge in [0.15, 0.2) is 5.44 Å². The Hall–Kier alpha value is -2.66. The van der Waals surface area contributed by atoms with E-state index >= 15 is 0 Å². The third-order valence-electron chi connectivity index (χ3n) is 4.26. The summed E-state index contributed by atoms with van der Waals surface area (Å²) in [7, 11) is 1.31. The predicted molar refractivity (Wildman–Crippen MR) is 97.4 cm³/mol. The van der Waals surface area contributed by atoms with Crippen molar-refractivity contribution in [3.8, 4) is 11.5 Å². The normalized spacial score (nSPS) is 15.6. The van der Waals surface area contributed by atoms with Crippen LogP contribution in [0.4, 0.5) is 0 Å². The molecule has 0 radical (unpaired) electrons. The number of methoxy groups -OCH3 is 1. The maximum Gasteiger partial charge on any atom is 0.342 e. The topological polar surface area (TPSA) is 55.8 Å². The summed E-state index contributed by atoms with van der Waals surface area (Å²) in [6.45, 7) is 0. The molecule has 126 valence electrons. The molecular formula is C20H16O4S. The Balaban J connectivity index is 1.81. The second-order valence-electron chi connectivity index (χ2n) is 5.75. The highest BCUT2D eigenvalue weighted by Crippen LogP contribution is 2.47. The van der Waals surface area contributed by atoms with E-state index in [1.54, 1.807) is 17.8 Å². The number of esters is 1. The lowest BCUT2D eigenvalue weighted by Crippen LogP contribution is -2.08. The van der Waals surface area contributed by atoms with Crippen molar-refractivity contribution in [2.75, 3.05) is 7.11 Å². The number of fused-ring (bicyclic) bond motifs is 3. The molecule has 4 nitrogen and oxygen atoms in total. The number of thioether (sulfide) groups is 1. The van der Waals surface area contributed by atoms with Gasteiger partial charge in [-0.25, -0.2) is 4.79 Å². The minimum Gasteiger partial charge on any atom is -0.506 e. The lowest BCUT2D eigenvalue weighted by atomic mass is 9.97. The molecule has 25 heavy (non-hydrogen) atoms. The first-order valence-corrected chi connectivity index (χ1v) is 8.80. The van der Waals surface area contributed by atoms with E-state index < -0.39 is 5.97 Å². The second kappa shape index (κ2) is 6.33. The van der Waals surface area contributed by atoms with Crippen LogP contribution in [0.2, 0.25) is 0 Å². The summed E-state index contributed by atoms with van der Waals surface area (Å²) in [5, 5.41) is 12.0. The summed E-state index contributed by atoms with van der Waals surface area (Å²) < 4.78 is 11.0. The molecule has 1 aliphatic rings. The number of hydrogen-bond acceptors (Lipinski definition) is 5. The number of phenols is 1. The molecule has 3 aromatic carbocycles. The van der Waals surface area contributed by atoms with Crippen LogP contribution >= 0.6 is 11.8 Å². The van der Waals surface area contributed by atoms with Crippen molar-refractivity contribution in [2.24, 2.45) is 0 Å². The van der Waals surface area contributed by atoms with E-state index in [4.69, 9.17) is 9.47 Å². The van der Waals surface area contributed by atoms with Gasteiger partial charge in [0.1, 0.15) is 17.1 Å². The Bertz CT molecular complexity index is 953. The summed E-state index contributed by atoms with van der Waals surface area (Å²) in [4.78, 5) is 13.3. The van der Waals surface area contributed by atoms with Crippen molar-refractivity contribution >= 4 is 28.5 Å².